The van der Waals surface area contributed by atoms with Gasteiger partial charge in [-0.2, -0.15) is 0 Å². The lowest BCUT2D eigenvalue weighted by Gasteiger charge is -2.56. The number of aliphatic hydroxyl groups is 1. The zero-order chi connectivity index (χ0) is 15.3. The molecule has 0 aliphatic heterocycles. The highest BCUT2D eigenvalue weighted by molar-refractivity contribution is 5.32. The molecule has 3 aliphatic carbocycles. The van der Waals surface area contributed by atoms with E-state index in [4.69, 9.17) is 0 Å². The largest absolute Gasteiger partial charge is 0.396 e. The second kappa shape index (κ2) is 5.26. The zero-order valence-corrected chi connectivity index (χ0v) is 14.2. The van der Waals surface area contributed by atoms with Crippen molar-refractivity contribution in [3.8, 4) is 0 Å². The molecule has 1 nitrogen and oxygen atoms in total. The molecule has 0 amide bonds. The average molecular weight is 288 g/mol. The summed E-state index contributed by atoms with van der Waals surface area (Å²) in [5.41, 5.74) is 5.45. The summed E-state index contributed by atoms with van der Waals surface area (Å²) in [5, 5.41) is 10.0. The molecular weight excluding hydrogens is 256 g/mol. The third kappa shape index (κ3) is 2.32. The van der Waals surface area contributed by atoms with Crippen molar-refractivity contribution in [3.05, 3.63) is 23.3 Å². The summed E-state index contributed by atoms with van der Waals surface area (Å²) < 4.78 is 0. The number of hydrogen-bond donors (Lipinski definition) is 1. The highest BCUT2D eigenvalue weighted by Crippen LogP contribution is 2.61. The third-order valence-electron chi connectivity index (χ3n) is 7.21. The van der Waals surface area contributed by atoms with Crippen LogP contribution >= 0.6 is 0 Å². The molecule has 1 fully saturated rings. The van der Waals surface area contributed by atoms with Crippen molar-refractivity contribution in [3.63, 3.8) is 0 Å². The molecule has 0 bridgehead atoms. The highest BCUT2D eigenvalue weighted by atomic mass is 16.3. The van der Waals surface area contributed by atoms with E-state index in [1.165, 1.54) is 56.9 Å². The van der Waals surface area contributed by atoms with Crippen molar-refractivity contribution in [1.29, 1.82) is 0 Å². The van der Waals surface area contributed by atoms with Crippen LogP contribution in [0.15, 0.2) is 23.3 Å². The van der Waals surface area contributed by atoms with E-state index in [-0.39, 0.29) is 5.41 Å². The minimum atomic E-state index is 0.139. The monoisotopic (exact) mass is 288 g/mol. The van der Waals surface area contributed by atoms with Crippen molar-refractivity contribution >= 4 is 0 Å². The third-order valence-corrected chi connectivity index (χ3v) is 7.21. The predicted molar refractivity (Wildman–Crippen MR) is 89.1 cm³/mol. The van der Waals surface area contributed by atoms with Crippen LogP contribution in [-0.2, 0) is 0 Å². The van der Waals surface area contributed by atoms with Crippen LogP contribution in [0, 0.1) is 22.7 Å². The first-order chi connectivity index (χ1) is 9.90. The minimum absolute atomic E-state index is 0.139. The van der Waals surface area contributed by atoms with Gasteiger partial charge in [0.1, 0.15) is 0 Å². The second-order valence-electron chi connectivity index (χ2n) is 8.52. The lowest BCUT2D eigenvalue weighted by Crippen LogP contribution is -2.48. The Morgan fingerprint density at radius 1 is 1.19 bits per heavy atom. The van der Waals surface area contributed by atoms with E-state index in [0.717, 1.165) is 0 Å². The van der Waals surface area contributed by atoms with Gasteiger partial charge in [-0.1, -0.05) is 50.5 Å². The van der Waals surface area contributed by atoms with Crippen molar-refractivity contribution in [2.24, 2.45) is 22.7 Å². The van der Waals surface area contributed by atoms with Crippen LogP contribution < -0.4 is 0 Å². The molecule has 3 rings (SSSR count). The molecule has 4 atom stereocenters. The molecule has 0 unspecified atom stereocenters. The minimum Gasteiger partial charge on any atom is -0.396 e. The Morgan fingerprint density at radius 2 is 1.95 bits per heavy atom. The summed E-state index contributed by atoms with van der Waals surface area (Å²) in [4.78, 5) is 0. The molecule has 0 radical (unpaired) electrons. The molecular formula is C20H32O. The molecule has 0 saturated heterocycles. The van der Waals surface area contributed by atoms with Crippen LogP contribution in [0.5, 0.6) is 0 Å². The van der Waals surface area contributed by atoms with E-state index in [2.05, 4.69) is 27.4 Å². The molecule has 0 aromatic heterocycles. The zero-order valence-electron chi connectivity index (χ0n) is 14.2. The van der Waals surface area contributed by atoms with Crippen LogP contribution in [-0.4, -0.2) is 11.7 Å². The summed E-state index contributed by atoms with van der Waals surface area (Å²) in [5.74, 6) is 1.33. The van der Waals surface area contributed by atoms with Crippen LogP contribution in [0.25, 0.3) is 0 Å². The van der Waals surface area contributed by atoms with Crippen molar-refractivity contribution in [2.75, 3.05) is 6.61 Å². The molecule has 0 heterocycles. The number of rotatable bonds is 1. The Labute approximate surface area is 130 Å². The van der Waals surface area contributed by atoms with Crippen LogP contribution in [0.3, 0.4) is 0 Å². The fraction of sp³-hybridized carbons (Fsp3) is 0.800. The molecule has 1 saturated carbocycles. The fourth-order valence-corrected chi connectivity index (χ4v) is 5.80. The molecule has 21 heavy (non-hydrogen) atoms. The van der Waals surface area contributed by atoms with Crippen LogP contribution in [0.1, 0.15) is 72.1 Å². The maximum absolute atomic E-state index is 10.0. The van der Waals surface area contributed by atoms with Gasteiger partial charge in [-0.25, -0.2) is 0 Å². The highest BCUT2D eigenvalue weighted by Gasteiger charge is 2.52. The standard InChI is InChI=1S/C20H32O/c1-14-6-8-17-16(12-15(14)2)7-9-18-19(3,13-21)10-5-11-20(17,18)4/h15,18,21H,1,5-13H2,2-4H3/t15-,18+,19+,20+/m0/s1. The van der Waals surface area contributed by atoms with Gasteiger partial charge < -0.3 is 5.11 Å². The first kappa shape index (κ1) is 15.3. The van der Waals surface area contributed by atoms with E-state index < -0.39 is 0 Å². The molecule has 3 aliphatic rings. The normalized spacial score (nSPS) is 44.1. The molecule has 0 aromatic carbocycles. The predicted octanol–water partition coefficient (Wildman–Crippen LogP) is 5.26. The fourth-order valence-electron chi connectivity index (χ4n) is 5.80. The van der Waals surface area contributed by atoms with Crippen molar-refractivity contribution in [2.45, 2.75) is 72.1 Å². The van der Waals surface area contributed by atoms with Gasteiger partial charge in [-0.3, -0.25) is 0 Å². The summed E-state index contributed by atoms with van der Waals surface area (Å²) in [6.07, 6.45) is 10.0. The molecule has 0 aromatic rings. The maximum Gasteiger partial charge on any atom is 0.0487 e. The Balaban J connectivity index is 1.99. The molecule has 1 heteroatoms. The Bertz CT molecular complexity index is 474. The number of allylic oxidation sites excluding steroid dienone is 3. The van der Waals surface area contributed by atoms with Gasteiger partial charge in [-0.05, 0) is 67.6 Å². The Hall–Kier alpha value is -0.560. The van der Waals surface area contributed by atoms with Gasteiger partial charge in [0.05, 0.1) is 0 Å². The Kier molecular flexibility index (Phi) is 3.84. The average Bonchev–Trinajstić information content (AvgIpc) is 2.59. The smallest absolute Gasteiger partial charge is 0.0487 e. The summed E-state index contributed by atoms with van der Waals surface area (Å²) in [6.45, 7) is 11.9. The quantitative estimate of drug-likeness (QED) is 0.653. The summed E-state index contributed by atoms with van der Waals surface area (Å²) in [7, 11) is 0. The van der Waals surface area contributed by atoms with Gasteiger partial charge in [0.2, 0.25) is 0 Å². The first-order valence-corrected chi connectivity index (χ1v) is 8.90. The van der Waals surface area contributed by atoms with Gasteiger partial charge >= 0.3 is 0 Å². The number of aliphatic hydroxyl groups excluding tert-OH is 1. The Morgan fingerprint density at radius 3 is 2.67 bits per heavy atom. The van der Waals surface area contributed by atoms with E-state index in [9.17, 15) is 5.11 Å². The second-order valence-corrected chi connectivity index (χ2v) is 8.52. The van der Waals surface area contributed by atoms with Crippen molar-refractivity contribution in [1.82, 2.24) is 0 Å². The maximum atomic E-state index is 10.0. The lowest BCUT2D eigenvalue weighted by molar-refractivity contribution is -0.0390. The van der Waals surface area contributed by atoms with Gasteiger partial charge in [0.15, 0.2) is 0 Å². The SMILES string of the molecule is C=C1CCC2=C(CC[C@@H]3[C@@](C)(CO)CCC[C@]23C)C[C@@H]1C. The van der Waals surface area contributed by atoms with E-state index in [0.29, 0.717) is 23.9 Å². The lowest BCUT2D eigenvalue weighted by atomic mass is 9.49. The van der Waals surface area contributed by atoms with Crippen molar-refractivity contribution < 1.29 is 5.11 Å². The topological polar surface area (TPSA) is 20.2 Å². The number of fused-ring (bicyclic) bond motifs is 2. The van der Waals surface area contributed by atoms with E-state index >= 15 is 0 Å². The number of hydrogen-bond acceptors (Lipinski definition) is 1. The molecule has 118 valence electrons. The van der Waals surface area contributed by atoms with Gasteiger partial charge in [0, 0.05) is 6.61 Å². The van der Waals surface area contributed by atoms with Gasteiger partial charge in [-0.15, -0.1) is 0 Å². The summed E-state index contributed by atoms with van der Waals surface area (Å²) in [6, 6.07) is 0. The summed E-state index contributed by atoms with van der Waals surface area (Å²) >= 11 is 0. The molecule has 0 spiro atoms. The van der Waals surface area contributed by atoms with Crippen LogP contribution in [0.4, 0.5) is 0 Å². The van der Waals surface area contributed by atoms with E-state index in [1.54, 1.807) is 11.1 Å². The first-order valence-electron chi connectivity index (χ1n) is 8.90. The molecule has 1 N–H and O–H groups in total. The van der Waals surface area contributed by atoms with Gasteiger partial charge in [0.25, 0.3) is 0 Å². The van der Waals surface area contributed by atoms with Crippen LogP contribution in [0.2, 0.25) is 0 Å². The van der Waals surface area contributed by atoms with E-state index in [1.807, 2.05) is 0 Å².